The molecule has 0 aliphatic rings. The van der Waals surface area contributed by atoms with Crippen LogP contribution in [0.25, 0.3) is 0 Å². The van der Waals surface area contributed by atoms with E-state index in [1.807, 2.05) is 0 Å². The van der Waals surface area contributed by atoms with Crippen LogP contribution in [-0.2, 0) is 6.42 Å². The van der Waals surface area contributed by atoms with Crippen molar-refractivity contribution in [2.75, 3.05) is 6.54 Å². The highest BCUT2D eigenvalue weighted by Crippen LogP contribution is 2.24. The molecule has 2 unspecified atom stereocenters. The summed E-state index contributed by atoms with van der Waals surface area (Å²) in [6.07, 6.45) is 5.84. The number of hydrogen-bond acceptors (Lipinski definition) is 2. The van der Waals surface area contributed by atoms with Crippen LogP contribution < -0.4 is 5.32 Å². The summed E-state index contributed by atoms with van der Waals surface area (Å²) in [5, 5.41) is 8.57. The van der Waals surface area contributed by atoms with Crippen LogP contribution in [0.1, 0.15) is 76.4 Å². The van der Waals surface area contributed by atoms with E-state index in [0.717, 1.165) is 19.4 Å². The molecule has 0 aliphatic carbocycles. The third-order valence-corrected chi connectivity index (χ3v) is 4.28. The van der Waals surface area contributed by atoms with Crippen LogP contribution >= 0.6 is 0 Å². The predicted molar refractivity (Wildman–Crippen MR) is 87.4 cm³/mol. The number of nitrogens with one attached hydrogen (secondary N) is 1. The Bertz CT molecular complexity index is 395. The van der Waals surface area contributed by atoms with Crippen molar-refractivity contribution < 1.29 is 0 Å². The van der Waals surface area contributed by atoms with Crippen molar-refractivity contribution >= 4 is 0 Å². The van der Waals surface area contributed by atoms with E-state index < -0.39 is 0 Å². The van der Waals surface area contributed by atoms with Gasteiger partial charge in [-0.3, -0.25) is 4.68 Å². The SMILES string of the molecule is CCCNC(CCC)C(CC)n1nc(C)c(CC)c1C. The van der Waals surface area contributed by atoms with E-state index in [4.69, 9.17) is 5.10 Å². The fourth-order valence-corrected chi connectivity index (χ4v) is 3.23. The largest absolute Gasteiger partial charge is 0.312 e. The maximum absolute atomic E-state index is 4.84. The molecule has 0 saturated carbocycles. The van der Waals surface area contributed by atoms with Crippen molar-refractivity contribution in [3.8, 4) is 0 Å². The Morgan fingerprint density at radius 2 is 1.80 bits per heavy atom. The van der Waals surface area contributed by atoms with Crippen molar-refractivity contribution in [2.45, 2.75) is 85.7 Å². The Morgan fingerprint density at radius 1 is 1.10 bits per heavy atom. The van der Waals surface area contributed by atoms with Gasteiger partial charge < -0.3 is 5.32 Å². The molecule has 0 amide bonds. The van der Waals surface area contributed by atoms with Gasteiger partial charge in [-0.15, -0.1) is 0 Å². The van der Waals surface area contributed by atoms with Crippen LogP contribution in [0.4, 0.5) is 0 Å². The van der Waals surface area contributed by atoms with Crippen molar-refractivity contribution in [3.05, 3.63) is 17.0 Å². The molecular weight excluding hydrogens is 246 g/mol. The van der Waals surface area contributed by atoms with Crippen LogP contribution in [0.2, 0.25) is 0 Å². The minimum Gasteiger partial charge on any atom is -0.312 e. The molecule has 1 aromatic rings. The first-order valence-electron chi connectivity index (χ1n) is 8.38. The second kappa shape index (κ2) is 8.46. The first kappa shape index (κ1) is 17.2. The van der Waals surface area contributed by atoms with Crippen LogP contribution in [0.5, 0.6) is 0 Å². The van der Waals surface area contributed by atoms with Gasteiger partial charge in [0.05, 0.1) is 11.7 Å². The van der Waals surface area contributed by atoms with Gasteiger partial charge in [0.25, 0.3) is 0 Å². The van der Waals surface area contributed by atoms with Gasteiger partial charge in [-0.2, -0.15) is 5.10 Å². The Morgan fingerprint density at radius 3 is 2.25 bits per heavy atom. The standard InChI is InChI=1S/C17H33N3/c1-7-11-16(18-12-8-2)17(10-4)20-14(6)15(9-3)13(5)19-20/h16-18H,7-12H2,1-6H3. The van der Waals surface area contributed by atoms with E-state index in [0.29, 0.717) is 12.1 Å². The molecule has 3 heteroatoms. The molecule has 1 heterocycles. The number of rotatable bonds is 9. The molecule has 0 aromatic carbocycles. The predicted octanol–water partition coefficient (Wildman–Crippen LogP) is 4.18. The van der Waals surface area contributed by atoms with Crippen molar-refractivity contribution in [1.82, 2.24) is 15.1 Å². The van der Waals surface area contributed by atoms with Crippen LogP contribution in [0, 0.1) is 13.8 Å². The first-order valence-corrected chi connectivity index (χ1v) is 8.38. The summed E-state index contributed by atoms with van der Waals surface area (Å²) in [7, 11) is 0. The highest BCUT2D eigenvalue weighted by Gasteiger charge is 2.24. The van der Waals surface area contributed by atoms with Gasteiger partial charge in [0.1, 0.15) is 0 Å². The van der Waals surface area contributed by atoms with Gasteiger partial charge in [-0.1, -0.05) is 34.1 Å². The van der Waals surface area contributed by atoms with Gasteiger partial charge in [0, 0.05) is 11.7 Å². The summed E-state index contributed by atoms with van der Waals surface area (Å²) in [5.41, 5.74) is 3.99. The molecule has 116 valence electrons. The molecule has 0 aliphatic heterocycles. The van der Waals surface area contributed by atoms with Crippen molar-refractivity contribution in [3.63, 3.8) is 0 Å². The lowest BCUT2D eigenvalue weighted by Gasteiger charge is -2.28. The second-order valence-corrected chi connectivity index (χ2v) is 5.77. The zero-order valence-corrected chi connectivity index (χ0v) is 14.3. The van der Waals surface area contributed by atoms with E-state index in [-0.39, 0.29) is 0 Å². The lowest BCUT2D eigenvalue weighted by Crippen LogP contribution is -2.38. The number of aryl methyl sites for hydroxylation is 1. The average Bonchev–Trinajstić information content (AvgIpc) is 2.71. The molecule has 3 nitrogen and oxygen atoms in total. The number of hydrogen-bond donors (Lipinski definition) is 1. The average molecular weight is 279 g/mol. The van der Waals surface area contributed by atoms with Crippen LogP contribution in [0.15, 0.2) is 0 Å². The summed E-state index contributed by atoms with van der Waals surface area (Å²) in [4.78, 5) is 0. The summed E-state index contributed by atoms with van der Waals surface area (Å²) in [6.45, 7) is 14.5. The van der Waals surface area contributed by atoms with Crippen LogP contribution in [0.3, 0.4) is 0 Å². The first-order chi connectivity index (χ1) is 9.60. The Kier molecular flexibility index (Phi) is 7.28. The molecule has 1 aromatic heterocycles. The second-order valence-electron chi connectivity index (χ2n) is 5.77. The summed E-state index contributed by atoms with van der Waals surface area (Å²) in [5.74, 6) is 0. The lowest BCUT2D eigenvalue weighted by atomic mass is 10.00. The minimum atomic E-state index is 0.473. The van der Waals surface area contributed by atoms with Gasteiger partial charge in [-0.25, -0.2) is 0 Å². The van der Waals surface area contributed by atoms with Gasteiger partial charge in [0.2, 0.25) is 0 Å². The van der Waals surface area contributed by atoms with Gasteiger partial charge in [0.15, 0.2) is 0 Å². The maximum atomic E-state index is 4.84. The normalized spacial score (nSPS) is 14.5. The zero-order chi connectivity index (χ0) is 15.1. The molecule has 0 fully saturated rings. The van der Waals surface area contributed by atoms with E-state index in [1.54, 1.807) is 0 Å². The summed E-state index contributed by atoms with van der Waals surface area (Å²) < 4.78 is 2.29. The van der Waals surface area contributed by atoms with E-state index in [9.17, 15) is 0 Å². The number of nitrogens with zero attached hydrogens (tertiary/aromatic N) is 2. The Hall–Kier alpha value is -0.830. The Balaban J connectivity index is 3.02. The minimum absolute atomic E-state index is 0.473. The lowest BCUT2D eigenvalue weighted by molar-refractivity contribution is 0.296. The monoisotopic (exact) mass is 279 g/mol. The molecular formula is C17H33N3. The fraction of sp³-hybridized carbons (Fsp3) is 0.824. The zero-order valence-electron chi connectivity index (χ0n) is 14.3. The van der Waals surface area contributed by atoms with Crippen molar-refractivity contribution in [1.29, 1.82) is 0 Å². The van der Waals surface area contributed by atoms with Gasteiger partial charge >= 0.3 is 0 Å². The molecule has 0 bridgehead atoms. The third-order valence-electron chi connectivity index (χ3n) is 4.28. The van der Waals surface area contributed by atoms with E-state index in [1.165, 1.54) is 36.2 Å². The quantitative estimate of drug-likeness (QED) is 0.735. The van der Waals surface area contributed by atoms with E-state index >= 15 is 0 Å². The molecule has 0 spiro atoms. The van der Waals surface area contributed by atoms with Gasteiger partial charge in [-0.05, 0) is 51.6 Å². The summed E-state index contributed by atoms with van der Waals surface area (Å²) in [6, 6.07) is 1.01. The molecule has 1 N–H and O–H groups in total. The highest BCUT2D eigenvalue weighted by atomic mass is 15.3. The van der Waals surface area contributed by atoms with E-state index in [2.05, 4.69) is 51.5 Å². The molecule has 20 heavy (non-hydrogen) atoms. The third kappa shape index (κ3) is 3.85. The molecule has 0 saturated heterocycles. The number of aromatic nitrogens is 2. The van der Waals surface area contributed by atoms with Crippen LogP contribution in [-0.4, -0.2) is 22.4 Å². The summed E-state index contributed by atoms with van der Waals surface area (Å²) >= 11 is 0. The molecule has 2 atom stereocenters. The molecule has 1 rings (SSSR count). The van der Waals surface area contributed by atoms with Crippen molar-refractivity contribution in [2.24, 2.45) is 0 Å². The highest BCUT2D eigenvalue weighted by molar-refractivity contribution is 5.25. The topological polar surface area (TPSA) is 29.9 Å². The molecule has 0 radical (unpaired) electrons. The smallest absolute Gasteiger partial charge is 0.0672 e. The maximum Gasteiger partial charge on any atom is 0.0672 e. The Labute approximate surface area is 125 Å². The fourth-order valence-electron chi connectivity index (χ4n) is 3.23.